The van der Waals surface area contributed by atoms with Crippen molar-refractivity contribution < 1.29 is 14.6 Å². The van der Waals surface area contributed by atoms with Gasteiger partial charge in [0.15, 0.2) is 0 Å². The van der Waals surface area contributed by atoms with E-state index < -0.39 is 0 Å². The van der Waals surface area contributed by atoms with Gasteiger partial charge < -0.3 is 24.4 Å². The highest BCUT2D eigenvalue weighted by molar-refractivity contribution is 5.72. The van der Waals surface area contributed by atoms with E-state index in [9.17, 15) is 5.11 Å². The summed E-state index contributed by atoms with van der Waals surface area (Å²) in [5.41, 5.74) is 2.02. The highest BCUT2D eigenvalue weighted by atomic mass is 16.5. The molecule has 0 amide bonds. The van der Waals surface area contributed by atoms with Crippen molar-refractivity contribution in [2.24, 2.45) is 0 Å². The average molecular weight is 314 g/mol. The van der Waals surface area contributed by atoms with Gasteiger partial charge in [-0.1, -0.05) is 6.07 Å². The molecule has 0 bridgehead atoms. The first-order valence-electron chi connectivity index (χ1n) is 7.74. The molecule has 0 atom stereocenters. The fraction of sp³-hybridized carbons (Fsp3) is 0.333. The maximum Gasteiger partial charge on any atom is 0.146 e. The maximum absolute atomic E-state index is 9.61. The Morgan fingerprint density at radius 2 is 2.09 bits per heavy atom. The van der Waals surface area contributed by atoms with E-state index in [1.807, 2.05) is 38.4 Å². The molecule has 2 aromatic carbocycles. The predicted octanol–water partition coefficient (Wildman–Crippen LogP) is 2.86. The Balaban J connectivity index is 1.80. The first kappa shape index (κ1) is 15.5. The zero-order chi connectivity index (χ0) is 16.2. The molecule has 0 saturated heterocycles. The summed E-state index contributed by atoms with van der Waals surface area (Å²) in [6, 6.07) is 13.3. The van der Waals surface area contributed by atoms with Crippen LogP contribution in [0.2, 0.25) is 0 Å². The number of likely N-dealkylation sites (N-methyl/N-ethyl adjacent to an activating group) is 1. The minimum atomic E-state index is 0.214. The van der Waals surface area contributed by atoms with Gasteiger partial charge in [-0.15, -0.1) is 0 Å². The molecule has 3 rings (SSSR count). The molecule has 0 aromatic heterocycles. The first-order valence-corrected chi connectivity index (χ1v) is 7.74. The topological polar surface area (TPSA) is 45.2 Å². The molecule has 1 aliphatic heterocycles. The average Bonchev–Trinajstić information content (AvgIpc) is 2.54. The lowest BCUT2D eigenvalue weighted by Gasteiger charge is -2.31. The fourth-order valence-electron chi connectivity index (χ4n) is 2.56. The second-order valence-electron chi connectivity index (χ2n) is 5.80. The van der Waals surface area contributed by atoms with E-state index in [0.29, 0.717) is 19.0 Å². The standard InChI is InChI=1S/C18H22N2O3/c1-19(2)8-10-22-16-5-3-4-14(12-16)20-9-11-23-18-13-15(21)6-7-17(18)20/h3-7,12-13,21H,8-11H2,1-2H3. The monoisotopic (exact) mass is 314 g/mol. The van der Waals surface area contributed by atoms with Crippen LogP contribution in [0.15, 0.2) is 42.5 Å². The largest absolute Gasteiger partial charge is 0.508 e. The van der Waals surface area contributed by atoms with E-state index in [4.69, 9.17) is 9.47 Å². The molecule has 1 heterocycles. The second kappa shape index (κ2) is 6.79. The summed E-state index contributed by atoms with van der Waals surface area (Å²) in [5, 5.41) is 9.61. The maximum atomic E-state index is 9.61. The molecule has 23 heavy (non-hydrogen) atoms. The zero-order valence-corrected chi connectivity index (χ0v) is 13.5. The predicted molar refractivity (Wildman–Crippen MR) is 91.1 cm³/mol. The summed E-state index contributed by atoms with van der Waals surface area (Å²) in [4.78, 5) is 4.27. The van der Waals surface area contributed by atoms with Crippen LogP contribution in [-0.2, 0) is 0 Å². The van der Waals surface area contributed by atoms with Crippen LogP contribution in [0.5, 0.6) is 17.2 Å². The molecule has 0 spiro atoms. The van der Waals surface area contributed by atoms with Crippen molar-refractivity contribution in [3.63, 3.8) is 0 Å². The van der Waals surface area contributed by atoms with Gasteiger partial charge >= 0.3 is 0 Å². The quantitative estimate of drug-likeness (QED) is 0.919. The molecule has 0 unspecified atom stereocenters. The van der Waals surface area contributed by atoms with Crippen LogP contribution >= 0.6 is 0 Å². The van der Waals surface area contributed by atoms with Crippen LogP contribution in [0, 0.1) is 0 Å². The Morgan fingerprint density at radius 3 is 2.91 bits per heavy atom. The number of benzene rings is 2. The van der Waals surface area contributed by atoms with Gasteiger partial charge in [-0.3, -0.25) is 0 Å². The van der Waals surface area contributed by atoms with Crippen molar-refractivity contribution in [1.82, 2.24) is 4.90 Å². The molecule has 0 radical (unpaired) electrons. The fourth-order valence-corrected chi connectivity index (χ4v) is 2.56. The van der Waals surface area contributed by atoms with Crippen LogP contribution < -0.4 is 14.4 Å². The molecular formula is C18H22N2O3. The van der Waals surface area contributed by atoms with Gasteiger partial charge in [0, 0.05) is 24.4 Å². The molecule has 1 aliphatic rings. The number of anilines is 2. The van der Waals surface area contributed by atoms with Crippen LogP contribution in [0.3, 0.4) is 0 Å². The van der Waals surface area contributed by atoms with Crippen LogP contribution in [0.4, 0.5) is 11.4 Å². The van der Waals surface area contributed by atoms with E-state index in [0.717, 1.165) is 30.2 Å². The number of phenols is 1. The van der Waals surface area contributed by atoms with Crippen LogP contribution in [0.1, 0.15) is 0 Å². The van der Waals surface area contributed by atoms with E-state index in [2.05, 4.69) is 15.9 Å². The molecular weight excluding hydrogens is 292 g/mol. The van der Waals surface area contributed by atoms with Crippen LogP contribution in [0.25, 0.3) is 0 Å². The summed E-state index contributed by atoms with van der Waals surface area (Å²) < 4.78 is 11.5. The van der Waals surface area contributed by atoms with E-state index >= 15 is 0 Å². The molecule has 5 heteroatoms. The van der Waals surface area contributed by atoms with Crippen molar-refractivity contribution in [1.29, 1.82) is 0 Å². The molecule has 5 nitrogen and oxygen atoms in total. The van der Waals surface area contributed by atoms with Crippen molar-refractivity contribution in [2.45, 2.75) is 0 Å². The number of rotatable bonds is 5. The number of nitrogens with zero attached hydrogens (tertiary/aromatic N) is 2. The van der Waals surface area contributed by atoms with Crippen molar-refractivity contribution in [3.05, 3.63) is 42.5 Å². The lowest BCUT2D eigenvalue weighted by molar-refractivity contribution is 0.261. The Hall–Kier alpha value is -2.40. The van der Waals surface area contributed by atoms with Gasteiger partial charge in [0.05, 0.1) is 12.2 Å². The number of aromatic hydroxyl groups is 1. The Bertz CT molecular complexity index is 673. The van der Waals surface area contributed by atoms with Crippen LogP contribution in [-0.4, -0.2) is 50.4 Å². The minimum absolute atomic E-state index is 0.214. The molecule has 0 aliphatic carbocycles. The van der Waals surface area contributed by atoms with E-state index in [1.165, 1.54) is 0 Å². The number of hydrogen-bond acceptors (Lipinski definition) is 5. The van der Waals surface area contributed by atoms with Gasteiger partial charge in [-0.05, 0) is 38.4 Å². The smallest absolute Gasteiger partial charge is 0.146 e. The number of phenolic OH excluding ortho intramolecular Hbond substituents is 1. The number of fused-ring (bicyclic) bond motifs is 1. The molecule has 1 N–H and O–H groups in total. The van der Waals surface area contributed by atoms with Crippen molar-refractivity contribution >= 4 is 11.4 Å². The number of ether oxygens (including phenoxy) is 2. The molecule has 0 fully saturated rings. The SMILES string of the molecule is CN(C)CCOc1cccc(N2CCOc3cc(O)ccc32)c1. The lowest BCUT2D eigenvalue weighted by Crippen LogP contribution is -2.28. The summed E-state index contributed by atoms with van der Waals surface area (Å²) in [6.07, 6.45) is 0. The third kappa shape index (κ3) is 3.68. The van der Waals surface area contributed by atoms with Gasteiger partial charge in [0.25, 0.3) is 0 Å². The second-order valence-corrected chi connectivity index (χ2v) is 5.80. The van der Waals surface area contributed by atoms with Gasteiger partial charge in [-0.2, -0.15) is 0 Å². The van der Waals surface area contributed by atoms with E-state index in [1.54, 1.807) is 12.1 Å². The van der Waals surface area contributed by atoms with Gasteiger partial charge in [-0.25, -0.2) is 0 Å². The van der Waals surface area contributed by atoms with E-state index in [-0.39, 0.29) is 5.75 Å². The summed E-state index contributed by atoms with van der Waals surface area (Å²) in [5.74, 6) is 1.78. The highest BCUT2D eigenvalue weighted by Gasteiger charge is 2.20. The molecule has 0 saturated carbocycles. The summed E-state index contributed by atoms with van der Waals surface area (Å²) in [7, 11) is 4.06. The molecule has 2 aromatic rings. The third-order valence-electron chi connectivity index (χ3n) is 3.74. The Labute approximate surface area is 136 Å². The Kier molecular flexibility index (Phi) is 4.57. The third-order valence-corrected chi connectivity index (χ3v) is 3.74. The number of hydrogen-bond donors (Lipinski definition) is 1. The summed E-state index contributed by atoms with van der Waals surface area (Å²) in [6.45, 7) is 2.88. The van der Waals surface area contributed by atoms with Crippen molar-refractivity contribution in [3.8, 4) is 17.2 Å². The Morgan fingerprint density at radius 1 is 1.22 bits per heavy atom. The first-order chi connectivity index (χ1) is 11.1. The lowest BCUT2D eigenvalue weighted by atomic mass is 10.2. The summed E-state index contributed by atoms with van der Waals surface area (Å²) >= 11 is 0. The van der Waals surface area contributed by atoms with Gasteiger partial charge in [0.1, 0.15) is 30.5 Å². The zero-order valence-electron chi connectivity index (χ0n) is 13.5. The van der Waals surface area contributed by atoms with Crippen molar-refractivity contribution in [2.75, 3.05) is 45.3 Å². The highest BCUT2D eigenvalue weighted by Crippen LogP contribution is 2.39. The normalized spacial score (nSPS) is 13.6. The minimum Gasteiger partial charge on any atom is -0.508 e. The van der Waals surface area contributed by atoms with Gasteiger partial charge in [0.2, 0.25) is 0 Å². The molecule has 122 valence electrons.